The molecule has 21 heavy (non-hydrogen) atoms. The van der Waals surface area contributed by atoms with Crippen molar-refractivity contribution in [3.8, 4) is 0 Å². The minimum absolute atomic E-state index is 0.0795. The number of aromatic nitrogens is 2. The van der Waals surface area contributed by atoms with E-state index in [1.165, 1.54) is 6.07 Å². The van der Waals surface area contributed by atoms with Crippen LogP contribution in [-0.4, -0.2) is 9.97 Å². The Bertz CT molecular complexity index is 850. The van der Waals surface area contributed by atoms with Crippen molar-refractivity contribution in [3.63, 3.8) is 0 Å². The van der Waals surface area contributed by atoms with E-state index in [1.807, 2.05) is 32.0 Å². The fourth-order valence-corrected chi connectivity index (χ4v) is 2.39. The van der Waals surface area contributed by atoms with Gasteiger partial charge in [-0.25, -0.2) is 9.18 Å². The van der Waals surface area contributed by atoms with Crippen LogP contribution in [0, 0.1) is 12.7 Å². The van der Waals surface area contributed by atoms with Gasteiger partial charge < -0.3 is 15.3 Å². The summed E-state index contributed by atoms with van der Waals surface area (Å²) >= 11 is 0. The minimum Gasteiger partial charge on any atom is -0.376 e. The molecule has 0 radical (unpaired) electrons. The molecule has 0 aliphatic carbocycles. The topological polar surface area (TPSA) is 60.7 Å². The van der Waals surface area contributed by atoms with Crippen LogP contribution in [0.3, 0.4) is 0 Å². The second kappa shape index (κ2) is 5.09. The van der Waals surface area contributed by atoms with Crippen molar-refractivity contribution in [2.75, 3.05) is 5.32 Å². The molecule has 3 N–H and O–H groups in total. The van der Waals surface area contributed by atoms with Gasteiger partial charge in [0.25, 0.3) is 0 Å². The second-order valence-corrected chi connectivity index (χ2v) is 5.23. The summed E-state index contributed by atoms with van der Waals surface area (Å²) in [5.74, 6) is -0.274. The zero-order valence-electron chi connectivity index (χ0n) is 11.8. The molecule has 1 unspecified atom stereocenters. The molecule has 3 aromatic rings. The van der Waals surface area contributed by atoms with Crippen molar-refractivity contribution in [1.29, 1.82) is 0 Å². The number of imidazole rings is 1. The molecule has 0 amide bonds. The van der Waals surface area contributed by atoms with Crippen LogP contribution in [0.2, 0.25) is 0 Å². The van der Waals surface area contributed by atoms with Crippen LogP contribution in [-0.2, 0) is 0 Å². The molecule has 2 aromatic carbocycles. The molecule has 0 spiro atoms. The van der Waals surface area contributed by atoms with Crippen LogP contribution in [0.15, 0.2) is 41.2 Å². The molecule has 5 heteroatoms. The van der Waals surface area contributed by atoms with E-state index in [0.717, 1.165) is 22.2 Å². The first kappa shape index (κ1) is 13.4. The van der Waals surface area contributed by atoms with Crippen molar-refractivity contribution in [1.82, 2.24) is 9.97 Å². The summed E-state index contributed by atoms with van der Waals surface area (Å²) in [6, 6.07) is 10.5. The summed E-state index contributed by atoms with van der Waals surface area (Å²) in [7, 11) is 0. The van der Waals surface area contributed by atoms with Crippen LogP contribution in [0.4, 0.5) is 10.1 Å². The molecule has 3 rings (SSSR count). The molecule has 0 saturated carbocycles. The molecule has 0 fully saturated rings. The Kier molecular flexibility index (Phi) is 3.25. The Labute approximate surface area is 121 Å². The standard InChI is InChI=1S/C16H16FN3O/c1-9-3-5-12(17)14(7-9)18-10(2)11-4-6-13-15(8-11)20-16(21)19-13/h3-8,10,18H,1-2H3,(H2,19,20,21). The van der Waals surface area contributed by atoms with Crippen LogP contribution in [0.1, 0.15) is 24.1 Å². The third-order valence-electron chi connectivity index (χ3n) is 3.53. The van der Waals surface area contributed by atoms with Gasteiger partial charge >= 0.3 is 5.69 Å². The number of rotatable bonds is 3. The Morgan fingerprint density at radius 2 is 1.86 bits per heavy atom. The van der Waals surface area contributed by atoms with E-state index in [9.17, 15) is 9.18 Å². The van der Waals surface area contributed by atoms with Gasteiger partial charge in [-0.2, -0.15) is 0 Å². The summed E-state index contributed by atoms with van der Waals surface area (Å²) in [6.45, 7) is 3.87. The van der Waals surface area contributed by atoms with Crippen molar-refractivity contribution >= 4 is 16.7 Å². The van der Waals surface area contributed by atoms with Crippen molar-refractivity contribution in [2.24, 2.45) is 0 Å². The summed E-state index contributed by atoms with van der Waals surface area (Å²) in [5, 5.41) is 3.16. The number of H-pyrrole nitrogens is 2. The lowest BCUT2D eigenvalue weighted by Gasteiger charge is -2.16. The fraction of sp³-hybridized carbons (Fsp3) is 0.188. The summed E-state index contributed by atoms with van der Waals surface area (Å²) < 4.78 is 13.8. The third-order valence-corrected chi connectivity index (χ3v) is 3.53. The minimum atomic E-state index is -0.274. The first-order valence-electron chi connectivity index (χ1n) is 6.77. The molecule has 0 saturated heterocycles. The summed E-state index contributed by atoms with van der Waals surface area (Å²) in [5.41, 5.74) is 3.72. The van der Waals surface area contributed by atoms with Gasteiger partial charge in [0, 0.05) is 6.04 Å². The number of aryl methyl sites for hydroxylation is 1. The number of nitrogens with one attached hydrogen (secondary N) is 3. The largest absolute Gasteiger partial charge is 0.376 e. The van der Waals surface area contributed by atoms with Gasteiger partial charge in [-0.3, -0.25) is 0 Å². The molecular weight excluding hydrogens is 269 g/mol. The molecule has 1 atom stereocenters. The lowest BCUT2D eigenvalue weighted by Crippen LogP contribution is -2.08. The number of aromatic amines is 2. The average molecular weight is 285 g/mol. The molecular formula is C16H16FN3O. The maximum absolute atomic E-state index is 13.8. The van der Waals surface area contributed by atoms with E-state index < -0.39 is 0 Å². The Morgan fingerprint density at radius 1 is 1.10 bits per heavy atom. The number of hydrogen-bond donors (Lipinski definition) is 3. The molecule has 0 bridgehead atoms. The van der Waals surface area contributed by atoms with Gasteiger partial charge in [0.2, 0.25) is 0 Å². The SMILES string of the molecule is Cc1ccc(F)c(NC(C)c2ccc3[nH]c(=O)[nH]c3c2)c1. The number of hydrogen-bond acceptors (Lipinski definition) is 2. The fourth-order valence-electron chi connectivity index (χ4n) is 2.39. The predicted octanol–water partition coefficient (Wildman–Crippen LogP) is 3.48. The van der Waals surface area contributed by atoms with Crippen LogP contribution in [0.5, 0.6) is 0 Å². The third kappa shape index (κ3) is 2.67. The zero-order valence-corrected chi connectivity index (χ0v) is 11.8. The maximum Gasteiger partial charge on any atom is 0.323 e. The monoisotopic (exact) mass is 285 g/mol. The van der Waals surface area contributed by atoms with Gasteiger partial charge in [-0.1, -0.05) is 12.1 Å². The Morgan fingerprint density at radius 3 is 2.67 bits per heavy atom. The average Bonchev–Trinajstić information content (AvgIpc) is 2.81. The second-order valence-electron chi connectivity index (χ2n) is 5.23. The Hall–Kier alpha value is -2.56. The van der Waals surface area contributed by atoms with Gasteiger partial charge in [-0.15, -0.1) is 0 Å². The molecule has 0 aliphatic heterocycles. The highest BCUT2D eigenvalue weighted by atomic mass is 19.1. The number of anilines is 1. The normalized spacial score (nSPS) is 12.5. The zero-order chi connectivity index (χ0) is 15.0. The maximum atomic E-state index is 13.8. The van der Waals surface area contributed by atoms with Crippen molar-refractivity contribution < 1.29 is 4.39 Å². The first-order valence-corrected chi connectivity index (χ1v) is 6.77. The number of halogens is 1. The summed E-state index contributed by atoms with van der Waals surface area (Å²) in [4.78, 5) is 16.7. The molecule has 1 heterocycles. The van der Waals surface area contributed by atoms with Gasteiger partial charge in [0.05, 0.1) is 16.7 Å². The Balaban J connectivity index is 1.90. The highest BCUT2D eigenvalue weighted by molar-refractivity contribution is 5.75. The molecule has 4 nitrogen and oxygen atoms in total. The van der Waals surface area contributed by atoms with E-state index in [0.29, 0.717) is 5.69 Å². The highest BCUT2D eigenvalue weighted by Gasteiger charge is 2.10. The smallest absolute Gasteiger partial charge is 0.323 e. The van der Waals surface area contributed by atoms with Crippen LogP contribution in [0.25, 0.3) is 11.0 Å². The predicted molar refractivity (Wildman–Crippen MR) is 82.1 cm³/mol. The van der Waals surface area contributed by atoms with E-state index >= 15 is 0 Å². The first-order chi connectivity index (χ1) is 10.0. The molecule has 1 aromatic heterocycles. The van der Waals surface area contributed by atoms with Crippen LogP contribution < -0.4 is 11.0 Å². The van der Waals surface area contributed by atoms with Crippen molar-refractivity contribution in [3.05, 3.63) is 63.8 Å². The number of fused-ring (bicyclic) bond motifs is 1. The lowest BCUT2D eigenvalue weighted by molar-refractivity contribution is 0.627. The quantitative estimate of drug-likeness (QED) is 0.690. The van der Waals surface area contributed by atoms with Crippen molar-refractivity contribution in [2.45, 2.75) is 19.9 Å². The van der Waals surface area contributed by atoms with Crippen LogP contribution >= 0.6 is 0 Å². The van der Waals surface area contributed by atoms with E-state index in [1.54, 1.807) is 12.1 Å². The van der Waals surface area contributed by atoms with E-state index in [2.05, 4.69) is 15.3 Å². The van der Waals surface area contributed by atoms with Gasteiger partial charge in [0.1, 0.15) is 5.82 Å². The lowest BCUT2D eigenvalue weighted by atomic mass is 10.1. The van der Waals surface area contributed by atoms with Gasteiger partial charge in [-0.05, 0) is 49.2 Å². The van der Waals surface area contributed by atoms with Gasteiger partial charge in [0.15, 0.2) is 0 Å². The van der Waals surface area contributed by atoms with E-state index in [-0.39, 0.29) is 17.5 Å². The number of benzene rings is 2. The summed E-state index contributed by atoms with van der Waals surface area (Å²) in [6.07, 6.45) is 0. The molecule has 108 valence electrons. The molecule has 0 aliphatic rings. The highest BCUT2D eigenvalue weighted by Crippen LogP contribution is 2.24. The van der Waals surface area contributed by atoms with E-state index in [4.69, 9.17) is 0 Å².